The van der Waals surface area contributed by atoms with Crippen molar-refractivity contribution < 1.29 is 4.92 Å². The summed E-state index contributed by atoms with van der Waals surface area (Å²) in [4.78, 5) is 12.3. The largest absolute Gasteiger partial charge is 0.385 e. The average Bonchev–Trinajstić information content (AvgIpc) is 2.48. The first kappa shape index (κ1) is 14.8. The number of benzene rings is 2. The van der Waals surface area contributed by atoms with Gasteiger partial charge in [0.2, 0.25) is 0 Å². The maximum atomic E-state index is 10.6. The standard InChI is InChI=1S/C16H19N3O2/c1-18(2)15-9-5-14(6-10-15)17-12-11-13-3-7-16(8-4-13)19(20)21/h3-10,17H,11-12H2,1-2H3. The van der Waals surface area contributed by atoms with Crippen LogP contribution >= 0.6 is 0 Å². The number of hydrogen-bond donors (Lipinski definition) is 1. The van der Waals surface area contributed by atoms with Crippen LogP contribution in [0.2, 0.25) is 0 Å². The second-order valence-corrected chi connectivity index (χ2v) is 5.04. The molecular weight excluding hydrogens is 266 g/mol. The number of anilines is 2. The topological polar surface area (TPSA) is 58.4 Å². The molecule has 2 rings (SSSR count). The van der Waals surface area contributed by atoms with Crippen LogP contribution in [0.5, 0.6) is 0 Å². The number of nitrogens with one attached hydrogen (secondary N) is 1. The molecule has 0 aliphatic heterocycles. The predicted octanol–water partition coefficient (Wildman–Crippen LogP) is 3.32. The Morgan fingerprint density at radius 1 is 1.05 bits per heavy atom. The minimum atomic E-state index is -0.381. The van der Waals surface area contributed by atoms with Gasteiger partial charge in [0.05, 0.1) is 4.92 Å². The van der Waals surface area contributed by atoms with E-state index in [4.69, 9.17) is 0 Å². The van der Waals surface area contributed by atoms with Crippen molar-refractivity contribution in [3.63, 3.8) is 0 Å². The Labute approximate surface area is 124 Å². The summed E-state index contributed by atoms with van der Waals surface area (Å²) in [6, 6.07) is 14.9. The first-order chi connectivity index (χ1) is 10.1. The maximum Gasteiger partial charge on any atom is 0.269 e. The molecule has 5 heteroatoms. The molecule has 5 nitrogen and oxygen atoms in total. The fourth-order valence-corrected chi connectivity index (χ4v) is 2.01. The normalized spacial score (nSPS) is 10.2. The fourth-order valence-electron chi connectivity index (χ4n) is 2.01. The van der Waals surface area contributed by atoms with E-state index < -0.39 is 0 Å². The van der Waals surface area contributed by atoms with E-state index in [1.807, 2.05) is 26.2 Å². The summed E-state index contributed by atoms with van der Waals surface area (Å²) >= 11 is 0. The van der Waals surface area contributed by atoms with E-state index in [1.54, 1.807) is 24.3 Å². The molecule has 0 atom stereocenters. The van der Waals surface area contributed by atoms with Gasteiger partial charge in [-0.25, -0.2) is 0 Å². The van der Waals surface area contributed by atoms with Gasteiger partial charge in [-0.15, -0.1) is 0 Å². The van der Waals surface area contributed by atoms with Crippen molar-refractivity contribution in [3.8, 4) is 0 Å². The Bertz CT molecular complexity index is 592. The number of hydrogen-bond acceptors (Lipinski definition) is 4. The van der Waals surface area contributed by atoms with Gasteiger partial charge in [0.25, 0.3) is 5.69 Å². The van der Waals surface area contributed by atoms with Crippen LogP contribution in [0, 0.1) is 10.1 Å². The van der Waals surface area contributed by atoms with Crippen LogP contribution in [-0.4, -0.2) is 25.6 Å². The SMILES string of the molecule is CN(C)c1ccc(NCCc2ccc([N+](=O)[O-])cc2)cc1. The van der Waals surface area contributed by atoms with Crippen molar-refractivity contribution in [1.29, 1.82) is 0 Å². The molecule has 0 heterocycles. The maximum absolute atomic E-state index is 10.6. The van der Waals surface area contributed by atoms with Crippen molar-refractivity contribution in [3.05, 3.63) is 64.2 Å². The number of rotatable bonds is 6. The summed E-state index contributed by atoms with van der Waals surface area (Å²) in [5, 5.41) is 13.9. The summed E-state index contributed by atoms with van der Waals surface area (Å²) < 4.78 is 0. The second kappa shape index (κ2) is 6.74. The van der Waals surface area contributed by atoms with Gasteiger partial charge in [-0.05, 0) is 36.2 Å². The molecule has 0 amide bonds. The van der Waals surface area contributed by atoms with Gasteiger partial charge in [0, 0.05) is 44.1 Å². The molecular formula is C16H19N3O2. The second-order valence-electron chi connectivity index (χ2n) is 5.04. The molecule has 0 saturated heterocycles. The van der Waals surface area contributed by atoms with Crippen molar-refractivity contribution in [2.45, 2.75) is 6.42 Å². The average molecular weight is 285 g/mol. The van der Waals surface area contributed by atoms with Crippen molar-refractivity contribution in [1.82, 2.24) is 0 Å². The van der Waals surface area contributed by atoms with E-state index in [1.165, 1.54) is 0 Å². The highest BCUT2D eigenvalue weighted by molar-refractivity contribution is 5.54. The van der Waals surface area contributed by atoms with Crippen LogP contribution in [0.4, 0.5) is 17.1 Å². The van der Waals surface area contributed by atoms with Crippen molar-refractivity contribution in [2.24, 2.45) is 0 Å². The van der Waals surface area contributed by atoms with Crippen molar-refractivity contribution >= 4 is 17.1 Å². The lowest BCUT2D eigenvalue weighted by atomic mass is 10.1. The Morgan fingerprint density at radius 2 is 1.67 bits per heavy atom. The molecule has 0 unspecified atom stereocenters. The third-order valence-corrected chi connectivity index (χ3v) is 3.27. The first-order valence-corrected chi connectivity index (χ1v) is 6.81. The lowest BCUT2D eigenvalue weighted by Gasteiger charge is -2.13. The molecule has 0 aliphatic carbocycles. The Morgan fingerprint density at radius 3 is 2.19 bits per heavy atom. The summed E-state index contributed by atoms with van der Waals surface area (Å²) in [5.41, 5.74) is 3.45. The zero-order chi connectivity index (χ0) is 15.2. The van der Waals surface area contributed by atoms with Gasteiger partial charge >= 0.3 is 0 Å². The highest BCUT2D eigenvalue weighted by Crippen LogP contribution is 2.16. The van der Waals surface area contributed by atoms with Gasteiger partial charge in [0.15, 0.2) is 0 Å². The number of nitrogens with zero attached hydrogens (tertiary/aromatic N) is 2. The summed E-state index contributed by atoms with van der Waals surface area (Å²) in [7, 11) is 4.02. The fraction of sp³-hybridized carbons (Fsp3) is 0.250. The van der Waals surface area contributed by atoms with E-state index in [0.717, 1.165) is 29.9 Å². The zero-order valence-corrected chi connectivity index (χ0v) is 12.2. The molecule has 1 N–H and O–H groups in total. The minimum Gasteiger partial charge on any atom is -0.385 e. The zero-order valence-electron chi connectivity index (χ0n) is 12.2. The molecule has 0 aliphatic rings. The van der Waals surface area contributed by atoms with Gasteiger partial charge in [-0.2, -0.15) is 0 Å². The lowest BCUT2D eigenvalue weighted by molar-refractivity contribution is -0.384. The molecule has 0 aromatic heterocycles. The molecule has 0 radical (unpaired) electrons. The van der Waals surface area contributed by atoms with Gasteiger partial charge in [-0.1, -0.05) is 12.1 Å². The van der Waals surface area contributed by atoms with E-state index in [2.05, 4.69) is 22.3 Å². The van der Waals surface area contributed by atoms with Crippen LogP contribution in [-0.2, 0) is 6.42 Å². The molecule has 2 aromatic carbocycles. The highest BCUT2D eigenvalue weighted by Gasteiger charge is 2.03. The first-order valence-electron chi connectivity index (χ1n) is 6.81. The van der Waals surface area contributed by atoms with Crippen LogP contribution in [0.1, 0.15) is 5.56 Å². The highest BCUT2D eigenvalue weighted by atomic mass is 16.6. The molecule has 21 heavy (non-hydrogen) atoms. The molecule has 0 spiro atoms. The quantitative estimate of drug-likeness (QED) is 0.653. The van der Waals surface area contributed by atoms with Crippen LogP contribution in [0.25, 0.3) is 0 Å². The van der Waals surface area contributed by atoms with Crippen molar-refractivity contribution in [2.75, 3.05) is 30.9 Å². The number of nitro groups is 1. The Hall–Kier alpha value is -2.56. The minimum absolute atomic E-state index is 0.131. The van der Waals surface area contributed by atoms with E-state index >= 15 is 0 Å². The Balaban J connectivity index is 1.85. The van der Waals surface area contributed by atoms with Gasteiger partial charge in [-0.3, -0.25) is 10.1 Å². The summed E-state index contributed by atoms with van der Waals surface area (Å²) in [6.07, 6.45) is 0.827. The smallest absolute Gasteiger partial charge is 0.269 e. The third kappa shape index (κ3) is 4.21. The molecule has 2 aromatic rings. The monoisotopic (exact) mass is 285 g/mol. The number of non-ortho nitro benzene ring substituents is 1. The predicted molar refractivity (Wildman–Crippen MR) is 86.1 cm³/mol. The molecule has 0 saturated carbocycles. The van der Waals surface area contributed by atoms with Crippen LogP contribution in [0.15, 0.2) is 48.5 Å². The molecule has 0 bridgehead atoms. The van der Waals surface area contributed by atoms with E-state index in [0.29, 0.717) is 0 Å². The van der Waals surface area contributed by atoms with E-state index in [-0.39, 0.29) is 10.6 Å². The van der Waals surface area contributed by atoms with E-state index in [9.17, 15) is 10.1 Å². The van der Waals surface area contributed by atoms with Gasteiger partial charge < -0.3 is 10.2 Å². The van der Waals surface area contributed by atoms with Crippen LogP contribution < -0.4 is 10.2 Å². The Kier molecular flexibility index (Phi) is 4.77. The number of nitro benzene ring substituents is 1. The summed E-state index contributed by atoms with van der Waals surface area (Å²) in [5.74, 6) is 0. The molecule has 0 fully saturated rings. The third-order valence-electron chi connectivity index (χ3n) is 3.27. The van der Waals surface area contributed by atoms with Gasteiger partial charge in [0.1, 0.15) is 0 Å². The molecule has 110 valence electrons. The summed E-state index contributed by atoms with van der Waals surface area (Å²) in [6.45, 7) is 0.791. The lowest BCUT2D eigenvalue weighted by Crippen LogP contribution is -2.09. The van der Waals surface area contributed by atoms with Crippen LogP contribution in [0.3, 0.4) is 0 Å².